The largest absolute Gasteiger partial charge is 0.343 e. The molecule has 0 saturated carbocycles. The third kappa shape index (κ3) is 2.24. The maximum Gasteiger partial charge on any atom is 0.0498 e. The molecule has 3 heteroatoms. The molecule has 3 aromatic rings. The minimum absolute atomic E-state index is 0.763. The smallest absolute Gasteiger partial charge is 0.0498 e. The summed E-state index contributed by atoms with van der Waals surface area (Å²) in [5.41, 5.74) is 2.37. The summed E-state index contributed by atoms with van der Waals surface area (Å²) < 4.78 is 2.18. The van der Waals surface area contributed by atoms with Gasteiger partial charge in [-0.05, 0) is 41.3 Å². The van der Waals surface area contributed by atoms with Crippen LogP contribution < -0.4 is 0 Å². The lowest BCUT2D eigenvalue weighted by Gasteiger charge is -2.06. The molecule has 0 radical (unpaired) electrons. The van der Waals surface area contributed by atoms with E-state index < -0.39 is 0 Å². The minimum Gasteiger partial charge on any atom is -0.343 e. The van der Waals surface area contributed by atoms with Crippen LogP contribution in [0.25, 0.3) is 10.9 Å². The molecule has 18 heavy (non-hydrogen) atoms. The van der Waals surface area contributed by atoms with Gasteiger partial charge in [0.1, 0.15) is 0 Å². The van der Waals surface area contributed by atoms with Gasteiger partial charge < -0.3 is 4.57 Å². The molecular formula is C15H11Cl2N. The van der Waals surface area contributed by atoms with Crippen LogP contribution in [0.5, 0.6) is 0 Å². The number of rotatable bonds is 2. The zero-order chi connectivity index (χ0) is 12.5. The molecule has 2 aromatic carbocycles. The zero-order valence-electron chi connectivity index (χ0n) is 9.61. The molecule has 90 valence electrons. The van der Waals surface area contributed by atoms with Gasteiger partial charge in [0.25, 0.3) is 0 Å². The van der Waals surface area contributed by atoms with Crippen LogP contribution in [-0.4, -0.2) is 4.57 Å². The second kappa shape index (κ2) is 4.68. The van der Waals surface area contributed by atoms with Gasteiger partial charge in [-0.1, -0.05) is 41.4 Å². The van der Waals surface area contributed by atoms with E-state index in [9.17, 15) is 0 Å². The van der Waals surface area contributed by atoms with Crippen LogP contribution in [0.2, 0.25) is 10.0 Å². The summed E-state index contributed by atoms with van der Waals surface area (Å²) in [5, 5.41) is 2.73. The molecule has 0 aliphatic heterocycles. The van der Waals surface area contributed by atoms with Crippen molar-refractivity contribution in [2.75, 3.05) is 0 Å². The van der Waals surface area contributed by atoms with Crippen molar-refractivity contribution in [1.82, 2.24) is 4.57 Å². The molecule has 1 heterocycles. The molecule has 0 fully saturated rings. The molecule has 0 N–H and O–H groups in total. The lowest BCUT2D eigenvalue weighted by molar-refractivity contribution is 0.837. The topological polar surface area (TPSA) is 4.93 Å². The highest BCUT2D eigenvalue weighted by atomic mass is 35.5. The van der Waals surface area contributed by atoms with Gasteiger partial charge in [-0.2, -0.15) is 0 Å². The monoisotopic (exact) mass is 275 g/mol. The number of benzene rings is 2. The van der Waals surface area contributed by atoms with Crippen LogP contribution in [0, 0.1) is 0 Å². The zero-order valence-corrected chi connectivity index (χ0v) is 11.1. The molecular weight excluding hydrogens is 265 g/mol. The summed E-state index contributed by atoms with van der Waals surface area (Å²) in [4.78, 5) is 0. The Morgan fingerprint density at radius 1 is 0.833 bits per heavy atom. The van der Waals surface area contributed by atoms with Crippen LogP contribution >= 0.6 is 23.2 Å². The van der Waals surface area contributed by atoms with E-state index in [0.29, 0.717) is 0 Å². The second-order valence-corrected chi connectivity index (χ2v) is 5.15. The summed E-state index contributed by atoms with van der Waals surface area (Å²) in [6.45, 7) is 0.820. The summed E-state index contributed by atoms with van der Waals surface area (Å²) >= 11 is 11.9. The first-order valence-electron chi connectivity index (χ1n) is 5.71. The Morgan fingerprint density at radius 3 is 2.33 bits per heavy atom. The highest BCUT2D eigenvalue weighted by Crippen LogP contribution is 2.21. The molecule has 0 aliphatic carbocycles. The summed E-state index contributed by atoms with van der Waals surface area (Å²) in [7, 11) is 0. The average Bonchev–Trinajstić information content (AvgIpc) is 2.75. The van der Waals surface area contributed by atoms with E-state index in [1.54, 1.807) is 0 Å². The van der Waals surface area contributed by atoms with Crippen molar-refractivity contribution in [3.63, 3.8) is 0 Å². The van der Waals surface area contributed by atoms with E-state index in [-0.39, 0.29) is 0 Å². The van der Waals surface area contributed by atoms with E-state index in [1.807, 2.05) is 42.5 Å². The number of hydrogen-bond donors (Lipinski definition) is 0. The van der Waals surface area contributed by atoms with Gasteiger partial charge in [-0.15, -0.1) is 0 Å². The molecule has 1 aromatic heterocycles. The van der Waals surface area contributed by atoms with Gasteiger partial charge in [0.05, 0.1) is 0 Å². The maximum atomic E-state index is 6.04. The number of nitrogens with zero attached hydrogens (tertiary/aromatic N) is 1. The fraction of sp³-hybridized carbons (Fsp3) is 0.0667. The Kier molecular flexibility index (Phi) is 3.02. The summed E-state index contributed by atoms with van der Waals surface area (Å²) in [6, 6.07) is 15.9. The van der Waals surface area contributed by atoms with Gasteiger partial charge in [0.2, 0.25) is 0 Å². The lowest BCUT2D eigenvalue weighted by atomic mass is 10.2. The molecule has 1 nitrogen and oxygen atoms in total. The second-order valence-electron chi connectivity index (χ2n) is 4.27. The predicted molar refractivity (Wildman–Crippen MR) is 77.5 cm³/mol. The van der Waals surface area contributed by atoms with Crippen LogP contribution in [0.3, 0.4) is 0 Å². The van der Waals surface area contributed by atoms with Gasteiger partial charge in [0, 0.05) is 28.3 Å². The number of halogens is 2. The molecule has 0 amide bonds. The first-order chi connectivity index (χ1) is 8.72. The first-order valence-corrected chi connectivity index (χ1v) is 6.47. The molecule has 0 atom stereocenters. The average molecular weight is 276 g/mol. The number of aromatic nitrogens is 1. The van der Waals surface area contributed by atoms with Gasteiger partial charge >= 0.3 is 0 Å². The van der Waals surface area contributed by atoms with E-state index in [1.165, 1.54) is 10.9 Å². The highest BCUT2D eigenvalue weighted by Gasteiger charge is 2.02. The molecule has 0 bridgehead atoms. The van der Waals surface area contributed by atoms with Crippen molar-refractivity contribution in [3.8, 4) is 0 Å². The third-order valence-corrected chi connectivity index (χ3v) is 3.49. The van der Waals surface area contributed by atoms with E-state index >= 15 is 0 Å². The molecule has 0 saturated heterocycles. The van der Waals surface area contributed by atoms with Crippen molar-refractivity contribution in [3.05, 3.63) is 70.3 Å². The third-order valence-electron chi connectivity index (χ3n) is 3.00. The van der Waals surface area contributed by atoms with Crippen molar-refractivity contribution < 1.29 is 0 Å². The lowest BCUT2D eigenvalue weighted by Crippen LogP contribution is -1.97. The fourth-order valence-corrected chi connectivity index (χ4v) is 2.37. The van der Waals surface area contributed by atoms with Crippen molar-refractivity contribution in [1.29, 1.82) is 0 Å². The first kappa shape index (κ1) is 11.6. The number of hydrogen-bond acceptors (Lipinski definition) is 0. The Labute approximate surface area is 116 Å². The summed E-state index contributed by atoms with van der Waals surface area (Å²) in [6.07, 6.45) is 2.08. The Balaban J connectivity index is 1.99. The SMILES string of the molecule is Clc1ccc(Cn2ccc3ccc(Cl)cc32)cc1. The molecule has 0 unspecified atom stereocenters. The Morgan fingerprint density at radius 2 is 1.56 bits per heavy atom. The van der Waals surface area contributed by atoms with Crippen LogP contribution in [-0.2, 0) is 6.54 Å². The standard InChI is InChI=1S/C15H11Cl2N/c16-13-4-1-11(2-5-13)10-18-8-7-12-3-6-14(17)9-15(12)18/h1-9H,10H2. The Bertz CT molecular complexity index is 683. The quantitative estimate of drug-likeness (QED) is 0.621. The van der Waals surface area contributed by atoms with Crippen LogP contribution in [0.1, 0.15) is 5.56 Å². The van der Waals surface area contributed by atoms with Crippen molar-refractivity contribution in [2.24, 2.45) is 0 Å². The van der Waals surface area contributed by atoms with Gasteiger partial charge in [-0.3, -0.25) is 0 Å². The minimum atomic E-state index is 0.763. The maximum absolute atomic E-state index is 6.04. The van der Waals surface area contributed by atoms with Crippen LogP contribution in [0.4, 0.5) is 0 Å². The number of fused-ring (bicyclic) bond motifs is 1. The van der Waals surface area contributed by atoms with E-state index in [2.05, 4.69) is 16.8 Å². The predicted octanol–water partition coefficient (Wildman–Crippen LogP) is 5.00. The highest BCUT2D eigenvalue weighted by molar-refractivity contribution is 6.31. The van der Waals surface area contributed by atoms with Crippen molar-refractivity contribution in [2.45, 2.75) is 6.54 Å². The fourth-order valence-electron chi connectivity index (χ4n) is 2.08. The Hall–Kier alpha value is -1.44. The molecule has 0 spiro atoms. The van der Waals surface area contributed by atoms with E-state index in [0.717, 1.165) is 22.1 Å². The summed E-state index contributed by atoms with van der Waals surface area (Å²) in [5.74, 6) is 0. The normalized spacial score (nSPS) is 11.0. The van der Waals surface area contributed by atoms with E-state index in [4.69, 9.17) is 23.2 Å². The molecule has 0 aliphatic rings. The van der Waals surface area contributed by atoms with Crippen molar-refractivity contribution >= 4 is 34.1 Å². The molecule has 3 rings (SSSR count). The van der Waals surface area contributed by atoms with Crippen LogP contribution in [0.15, 0.2) is 54.7 Å². The van der Waals surface area contributed by atoms with Gasteiger partial charge in [-0.25, -0.2) is 0 Å². The van der Waals surface area contributed by atoms with Gasteiger partial charge in [0.15, 0.2) is 0 Å².